The molecule has 1 aromatic rings. The van der Waals surface area contributed by atoms with E-state index in [-0.39, 0.29) is 12.3 Å². The number of aryl methyl sites for hydroxylation is 1. The number of methoxy groups -OCH3 is 1. The van der Waals surface area contributed by atoms with Gasteiger partial charge in [0.05, 0.1) is 7.11 Å². The summed E-state index contributed by atoms with van der Waals surface area (Å²) in [6.45, 7) is 2.56. The Balaban J connectivity index is 2.23. The first-order valence-corrected chi connectivity index (χ1v) is 7.15. The maximum absolute atomic E-state index is 11.6. The van der Waals surface area contributed by atoms with Crippen molar-refractivity contribution in [1.29, 1.82) is 0 Å². The number of hydrogen-bond donors (Lipinski definition) is 2. The van der Waals surface area contributed by atoms with E-state index in [9.17, 15) is 9.59 Å². The first-order valence-electron chi connectivity index (χ1n) is 7.15. The Kier molecular flexibility index (Phi) is 7.29. The van der Waals surface area contributed by atoms with Gasteiger partial charge in [0.1, 0.15) is 5.75 Å². The molecule has 0 spiro atoms. The fourth-order valence-electron chi connectivity index (χ4n) is 2.02. The number of amides is 1. The molecule has 0 atom stereocenters. The highest BCUT2D eigenvalue weighted by molar-refractivity contribution is 5.75. The first-order chi connectivity index (χ1) is 10.0. The average Bonchev–Trinajstić information content (AvgIpc) is 2.45. The average molecular weight is 293 g/mol. The first kappa shape index (κ1) is 17.0. The number of aliphatic carboxylic acids is 1. The van der Waals surface area contributed by atoms with Gasteiger partial charge in [-0.2, -0.15) is 0 Å². The highest BCUT2D eigenvalue weighted by atomic mass is 16.5. The maximum Gasteiger partial charge on any atom is 0.303 e. The molecule has 5 heteroatoms. The van der Waals surface area contributed by atoms with Crippen molar-refractivity contribution in [3.05, 3.63) is 29.3 Å². The molecule has 2 N–H and O–H groups in total. The van der Waals surface area contributed by atoms with Crippen molar-refractivity contribution >= 4 is 11.9 Å². The molecular formula is C16H23NO4. The van der Waals surface area contributed by atoms with E-state index < -0.39 is 5.97 Å². The van der Waals surface area contributed by atoms with Crippen LogP contribution in [0, 0.1) is 6.92 Å². The van der Waals surface area contributed by atoms with Crippen LogP contribution in [0.5, 0.6) is 5.75 Å². The lowest BCUT2D eigenvalue weighted by Gasteiger charge is -2.08. The third-order valence-electron chi connectivity index (χ3n) is 3.25. The van der Waals surface area contributed by atoms with Gasteiger partial charge in [-0.3, -0.25) is 9.59 Å². The van der Waals surface area contributed by atoms with Crippen molar-refractivity contribution in [1.82, 2.24) is 5.32 Å². The molecule has 0 radical (unpaired) electrons. The molecule has 0 saturated carbocycles. The summed E-state index contributed by atoms with van der Waals surface area (Å²) in [5.41, 5.74) is 2.20. The van der Waals surface area contributed by atoms with Crippen LogP contribution in [-0.4, -0.2) is 30.6 Å². The number of nitrogens with one attached hydrogen (secondary N) is 1. The molecular weight excluding hydrogens is 270 g/mol. The second kappa shape index (κ2) is 9.00. The Morgan fingerprint density at radius 2 is 1.95 bits per heavy atom. The molecule has 0 fully saturated rings. The molecule has 1 aromatic carbocycles. The Morgan fingerprint density at radius 3 is 2.62 bits per heavy atom. The van der Waals surface area contributed by atoms with Gasteiger partial charge in [0.25, 0.3) is 0 Å². The molecule has 0 aliphatic carbocycles. The fourth-order valence-corrected chi connectivity index (χ4v) is 2.02. The van der Waals surface area contributed by atoms with Gasteiger partial charge in [0.2, 0.25) is 5.91 Å². The molecule has 5 nitrogen and oxygen atoms in total. The van der Waals surface area contributed by atoms with Gasteiger partial charge >= 0.3 is 5.97 Å². The number of carboxylic acid groups (broad SMARTS) is 1. The molecule has 0 aliphatic heterocycles. The molecule has 0 bridgehead atoms. The largest absolute Gasteiger partial charge is 0.496 e. The van der Waals surface area contributed by atoms with Crippen LogP contribution in [0.25, 0.3) is 0 Å². The van der Waals surface area contributed by atoms with Gasteiger partial charge in [-0.15, -0.1) is 0 Å². The number of ether oxygens (including phenoxy) is 1. The highest BCUT2D eigenvalue weighted by Gasteiger charge is 2.04. The summed E-state index contributed by atoms with van der Waals surface area (Å²) in [4.78, 5) is 21.9. The van der Waals surface area contributed by atoms with Crippen LogP contribution in [0.4, 0.5) is 0 Å². The van der Waals surface area contributed by atoms with Crippen molar-refractivity contribution < 1.29 is 19.4 Å². The Labute approximate surface area is 125 Å². The Hall–Kier alpha value is -2.04. The van der Waals surface area contributed by atoms with Gasteiger partial charge < -0.3 is 15.2 Å². The van der Waals surface area contributed by atoms with E-state index in [2.05, 4.69) is 5.32 Å². The fraction of sp³-hybridized carbons (Fsp3) is 0.500. The predicted octanol–water partition coefficient (Wildman–Crippen LogP) is 2.31. The number of hydrogen-bond acceptors (Lipinski definition) is 3. The zero-order chi connectivity index (χ0) is 15.7. The molecule has 116 valence electrons. The van der Waals surface area contributed by atoms with Crippen LogP contribution in [0.3, 0.4) is 0 Å². The minimum atomic E-state index is -0.816. The smallest absolute Gasteiger partial charge is 0.303 e. The zero-order valence-corrected chi connectivity index (χ0v) is 12.6. The third-order valence-corrected chi connectivity index (χ3v) is 3.25. The molecule has 0 unspecified atom stereocenters. The topological polar surface area (TPSA) is 75.6 Å². The third kappa shape index (κ3) is 6.79. The Bertz CT molecular complexity index is 485. The summed E-state index contributed by atoms with van der Waals surface area (Å²) in [5, 5.41) is 11.3. The normalized spacial score (nSPS) is 10.2. The van der Waals surface area contributed by atoms with Crippen molar-refractivity contribution in [2.24, 2.45) is 0 Å². The minimum Gasteiger partial charge on any atom is -0.496 e. The lowest BCUT2D eigenvalue weighted by molar-refractivity contribution is -0.137. The number of carbonyl (C=O) groups excluding carboxylic acids is 1. The van der Waals surface area contributed by atoms with E-state index in [0.29, 0.717) is 25.8 Å². The van der Waals surface area contributed by atoms with Crippen LogP contribution in [0.2, 0.25) is 0 Å². The number of unbranched alkanes of at least 4 members (excludes halogenated alkanes) is 1. The maximum atomic E-state index is 11.6. The van der Waals surface area contributed by atoms with Crippen molar-refractivity contribution in [3.63, 3.8) is 0 Å². The minimum absolute atomic E-state index is 0.0283. The van der Waals surface area contributed by atoms with Gasteiger partial charge in [-0.1, -0.05) is 12.1 Å². The van der Waals surface area contributed by atoms with Crippen molar-refractivity contribution in [2.75, 3.05) is 13.7 Å². The number of carbonyl (C=O) groups is 2. The van der Waals surface area contributed by atoms with E-state index in [1.165, 1.54) is 0 Å². The van der Waals surface area contributed by atoms with Crippen molar-refractivity contribution in [2.45, 2.75) is 39.0 Å². The molecule has 21 heavy (non-hydrogen) atoms. The molecule has 0 aromatic heterocycles. The van der Waals surface area contributed by atoms with E-state index in [1.54, 1.807) is 7.11 Å². The molecule has 0 saturated heterocycles. The van der Waals surface area contributed by atoms with E-state index in [0.717, 1.165) is 23.3 Å². The SMILES string of the molecule is COc1cc(CCNC(=O)CCCCC(=O)O)ccc1C. The van der Waals surface area contributed by atoms with E-state index >= 15 is 0 Å². The number of benzene rings is 1. The van der Waals surface area contributed by atoms with Crippen LogP contribution < -0.4 is 10.1 Å². The van der Waals surface area contributed by atoms with E-state index in [1.807, 2.05) is 25.1 Å². The molecule has 0 heterocycles. The second-order valence-corrected chi connectivity index (χ2v) is 5.00. The number of carboxylic acids is 1. The monoisotopic (exact) mass is 293 g/mol. The molecule has 0 aliphatic rings. The van der Waals surface area contributed by atoms with Crippen molar-refractivity contribution in [3.8, 4) is 5.75 Å². The summed E-state index contributed by atoms with van der Waals surface area (Å²) >= 11 is 0. The van der Waals surface area contributed by atoms with E-state index in [4.69, 9.17) is 9.84 Å². The van der Waals surface area contributed by atoms with Crippen LogP contribution >= 0.6 is 0 Å². The molecule has 1 amide bonds. The lowest BCUT2D eigenvalue weighted by atomic mass is 10.1. The molecule has 1 rings (SSSR count). The quantitative estimate of drug-likeness (QED) is 0.685. The van der Waals surface area contributed by atoms with Crippen LogP contribution in [0.15, 0.2) is 18.2 Å². The highest BCUT2D eigenvalue weighted by Crippen LogP contribution is 2.18. The number of rotatable bonds is 9. The predicted molar refractivity (Wildman–Crippen MR) is 80.5 cm³/mol. The van der Waals surface area contributed by atoms with Crippen LogP contribution in [0.1, 0.15) is 36.8 Å². The van der Waals surface area contributed by atoms with Gasteiger partial charge in [0, 0.05) is 19.4 Å². The second-order valence-electron chi connectivity index (χ2n) is 5.00. The lowest BCUT2D eigenvalue weighted by Crippen LogP contribution is -2.25. The summed E-state index contributed by atoms with van der Waals surface area (Å²) in [7, 11) is 1.64. The summed E-state index contributed by atoms with van der Waals surface area (Å²) in [5.74, 6) is 0.00990. The summed E-state index contributed by atoms with van der Waals surface area (Å²) < 4.78 is 5.26. The Morgan fingerprint density at radius 1 is 1.24 bits per heavy atom. The summed E-state index contributed by atoms with van der Waals surface area (Å²) in [6.07, 6.45) is 2.40. The van der Waals surface area contributed by atoms with Gasteiger partial charge in [-0.25, -0.2) is 0 Å². The van der Waals surface area contributed by atoms with Gasteiger partial charge in [0.15, 0.2) is 0 Å². The van der Waals surface area contributed by atoms with Crippen LogP contribution in [-0.2, 0) is 16.0 Å². The summed E-state index contributed by atoms with van der Waals surface area (Å²) in [6, 6.07) is 6.01. The standard InChI is InChI=1S/C16H23NO4/c1-12-7-8-13(11-14(12)21-2)9-10-17-15(18)5-3-4-6-16(19)20/h7-8,11H,3-6,9-10H2,1-2H3,(H,17,18)(H,19,20). The zero-order valence-electron chi connectivity index (χ0n) is 12.6. The van der Waals surface area contributed by atoms with Gasteiger partial charge in [-0.05, 0) is 43.4 Å².